The van der Waals surface area contributed by atoms with Gasteiger partial charge in [0.05, 0.1) is 36.5 Å². The summed E-state index contributed by atoms with van der Waals surface area (Å²) in [5.41, 5.74) is 1.05. The quantitative estimate of drug-likeness (QED) is 0.453. The normalized spacial score (nSPS) is 17.9. The van der Waals surface area contributed by atoms with Gasteiger partial charge in [0.25, 0.3) is 0 Å². The van der Waals surface area contributed by atoms with Crippen LogP contribution in [0.5, 0.6) is 0 Å². The van der Waals surface area contributed by atoms with E-state index < -0.39 is 11.6 Å². The standard InChI is InChI=1S/C19H18Cl2O4.C6H5/c1-2-24-18(22)19(12-23-9-10-25-19)15-6-4-3-5-14(15)13-7-8-16(20)17(21)11-13;1-2-4-6-5-3-1/h3-8,11H,2,9-10,12H2,1H3;1-5H. The molecule has 3 aromatic rings. The average molecular weight is 458 g/mol. The van der Waals surface area contributed by atoms with E-state index in [0.717, 1.165) is 11.1 Å². The minimum absolute atomic E-state index is 0.101. The van der Waals surface area contributed by atoms with Crippen LogP contribution in [-0.2, 0) is 24.6 Å². The second-order valence-corrected chi connectivity index (χ2v) is 7.51. The van der Waals surface area contributed by atoms with Crippen molar-refractivity contribution >= 4 is 29.2 Å². The van der Waals surface area contributed by atoms with Crippen molar-refractivity contribution in [2.24, 2.45) is 0 Å². The number of hydrogen-bond acceptors (Lipinski definition) is 4. The lowest BCUT2D eigenvalue weighted by Crippen LogP contribution is -2.48. The molecular weight excluding hydrogens is 435 g/mol. The molecule has 6 heteroatoms. The Hall–Kier alpha value is -2.37. The molecular formula is C25H23Cl2O4. The van der Waals surface area contributed by atoms with Crippen LogP contribution in [0.15, 0.2) is 72.8 Å². The minimum atomic E-state index is -1.29. The molecule has 0 aliphatic carbocycles. The topological polar surface area (TPSA) is 44.8 Å². The Morgan fingerprint density at radius 2 is 1.81 bits per heavy atom. The summed E-state index contributed by atoms with van der Waals surface area (Å²) in [6.07, 6.45) is 0. The summed E-state index contributed by atoms with van der Waals surface area (Å²) in [7, 11) is 0. The molecule has 1 atom stereocenters. The molecule has 0 amide bonds. The second-order valence-electron chi connectivity index (χ2n) is 6.70. The number of rotatable bonds is 4. The van der Waals surface area contributed by atoms with Crippen LogP contribution in [0.4, 0.5) is 0 Å². The first-order valence-corrected chi connectivity index (χ1v) is 10.7. The van der Waals surface area contributed by atoms with Gasteiger partial charge in [-0.15, -0.1) is 0 Å². The molecule has 0 N–H and O–H groups in total. The maximum atomic E-state index is 12.8. The molecule has 0 aromatic heterocycles. The summed E-state index contributed by atoms with van der Waals surface area (Å²) < 4.78 is 16.8. The van der Waals surface area contributed by atoms with Crippen LogP contribution in [0.25, 0.3) is 11.1 Å². The Labute approximate surface area is 192 Å². The molecule has 1 fully saturated rings. The van der Waals surface area contributed by atoms with Gasteiger partial charge in [-0.2, -0.15) is 0 Å². The van der Waals surface area contributed by atoms with E-state index in [1.165, 1.54) is 0 Å². The molecule has 1 aliphatic heterocycles. The number of ether oxygens (including phenoxy) is 3. The fourth-order valence-corrected chi connectivity index (χ4v) is 3.55. The molecule has 1 radical (unpaired) electrons. The molecule has 0 bridgehead atoms. The number of benzene rings is 3. The van der Waals surface area contributed by atoms with Crippen LogP contribution in [0.1, 0.15) is 12.5 Å². The van der Waals surface area contributed by atoms with Crippen molar-refractivity contribution in [3.63, 3.8) is 0 Å². The molecule has 0 saturated carbocycles. The van der Waals surface area contributed by atoms with Crippen LogP contribution in [0.2, 0.25) is 10.0 Å². The van der Waals surface area contributed by atoms with Gasteiger partial charge in [0.15, 0.2) is 0 Å². The maximum absolute atomic E-state index is 12.8. The predicted molar refractivity (Wildman–Crippen MR) is 122 cm³/mol. The zero-order valence-electron chi connectivity index (χ0n) is 17.1. The number of carbonyl (C=O) groups is 1. The highest BCUT2D eigenvalue weighted by atomic mass is 35.5. The summed E-state index contributed by atoms with van der Waals surface area (Å²) in [4.78, 5) is 12.8. The average Bonchev–Trinajstić information content (AvgIpc) is 2.83. The first kappa shape index (κ1) is 23.3. The van der Waals surface area contributed by atoms with Crippen molar-refractivity contribution < 1.29 is 19.0 Å². The monoisotopic (exact) mass is 457 g/mol. The van der Waals surface area contributed by atoms with Crippen molar-refractivity contribution in [2.45, 2.75) is 12.5 Å². The van der Waals surface area contributed by atoms with Crippen LogP contribution in [0, 0.1) is 6.07 Å². The fraction of sp³-hybridized carbons (Fsp3) is 0.240. The van der Waals surface area contributed by atoms with Crippen molar-refractivity contribution in [3.05, 3.63) is 94.5 Å². The molecule has 4 rings (SSSR count). The van der Waals surface area contributed by atoms with E-state index in [9.17, 15) is 4.79 Å². The van der Waals surface area contributed by atoms with Crippen LogP contribution < -0.4 is 0 Å². The smallest absolute Gasteiger partial charge is 0.345 e. The molecule has 3 aromatic carbocycles. The number of hydrogen-bond donors (Lipinski definition) is 0. The minimum Gasteiger partial charge on any atom is -0.464 e. The van der Waals surface area contributed by atoms with E-state index >= 15 is 0 Å². The van der Waals surface area contributed by atoms with Crippen molar-refractivity contribution in [3.8, 4) is 11.1 Å². The van der Waals surface area contributed by atoms with Gasteiger partial charge < -0.3 is 14.2 Å². The number of esters is 1. The summed E-state index contributed by atoms with van der Waals surface area (Å²) in [5, 5.41) is 0.917. The molecule has 0 spiro atoms. The first-order chi connectivity index (χ1) is 15.1. The molecule has 161 valence electrons. The Morgan fingerprint density at radius 1 is 1.03 bits per heavy atom. The maximum Gasteiger partial charge on any atom is 0.345 e. The highest BCUT2D eigenvalue weighted by molar-refractivity contribution is 6.42. The fourth-order valence-electron chi connectivity index (χ4n) is 3.26. The van der Waals surface area contributed by atoms with Crippen molar-refractivity contribution in [2.75, 3.05) is 26.4 Å². The lowest BCUT2D eigenvalue weighted by atomic mass is 9.86. The summed E-state index contributed by atoms with van der Waals surface area (Å²) in [5.74, 6) is -0.456. The van der Waals surface area contributed by atoms with Gasteiger partial charge in [-0.3, -0.25) is 0 Å². The van der Waals surface area contributed by atoms with E-state index in [1.54, 1.807) is 19.1 Å². The van der Waals surface area contributed by atoms with Crippen LogP contribution >= 0.6 is 23.2 Å². The van der Waals surface area contributed by atoms with Crippen LogP contribution in [0.3, 0.4) is 0 Å². The Morgan fingerprint density at radius 3 is 2.39 bits per heavy atom. The second kappa shape index (κ2) is 11.3. The van der Waals surface area contributed by atoms with Gasteiger partial charge in [-0.25, -0.2) is 4.79 Å². The highest BCUT2D eigenvalue weighted by Crippen LogP contribution is 2.39. The molecule has 31 heavy (non-hydrogen) atoms. The van der Waals surface area contributed by atoms with E-state index in [4.69, 9.17) is 37.4 Å². The highest BCUT2D eigenvalue weighted by Gasteiger charge is 2.46. The SMILES string of the molecule is CCOC(=O)C1(c2ccccc2-c2ccc(Cl)c(Cl)c2)COCCO1.[c]1ccccc1. The third-order valence-electron chi connectivity index (χ3n) is 4.69. The number of halogens is 2. The van der Waals surface area contributed by atoms with Gasteiger partial charge in [0, 0.05) is 5.56 Å². The van der Waals surface area contributed by atoms with Gasteiger partial charge in [-0.1, -0.05) is 83.9 Å². The number of carbonyl (C=O) groups excluding carboxylic acids is 1. The van der Waals surface area contributed by atoms with Gasteiger partial charge in [-0.05, 0) is 36.2 Å². The van der Waals surface area contributed by atoms with Gasteiger partial charge >= 0.3 is 5.97 Å². The summed E-state index contributed by atoms with van der Waals surface area (Å²) in [6.45, 7) is 2.88. The largest absolute Gasteiger partial charge is 0.464 e. The van der Waals surface area contributed by atoms with Crippen LogP contribution in [-0.4, -0.2) is 32.4 Å². The molecule has 1 saturated heterocycles. The lowest BCUT2D eigenvalue weighted by Gasteiger charge is -2.36. The van der Waals surface area contributed by atoms with Gasteiger partial charge in [0.2, 0.25) is 5.60 Å². The molecule has 4 nitrogen and oxygen atoms in total. The Kier molecular flexibility index (Phi) is 8.50. The zero-order chi connectivity index (χ0) is 22.1. The Balaban J connectivity index is 0.000000391. The van der Waals surface area contributed by atoms with Crippen molar-refractivity contribution in [1.29, 1.82) is 0 Å². The third-order valence-corrected chi connectivity index (χ3v) is 5.43. The zero-order valence-corrected chi connectivity index (χ0v) is 18.7. The van der Waals surface area contributed by atoms with E-state index in [1.807, 2.05) is 60.7 Å². The third kappa shape index (κ3) is 5.66. The summed E-state index contributed by atoms with van der Waals surface area (Å²) >= 11 is 12.2. The van der Waals surface area contributed by atoms with E-state index in [0.29, 0.717) is 28.8 Å². The predicted octanol–water partition coefficient (Wildman–Crippen LogP) is 5.95. The molecule has 1 unspecified atom stereocenters. The summed E-state index contributed by atoms with van der Waals surface area (Å²) in [6, 6.07) is 25.4. The first-order valence-electron chi connectivity index (χ1n) is 9.93. The van der Waals surface area contributed by atoms with Gasteiger partial charge in [0.1, 0.15) is 0 Å². The lowest BCUT2D eigenvalue weighted by molar-refractivity contribution is -0.202. The van der Waals surface area contributed by atoms with Crippen molar-refractivity contribution in [1.82, 2.24) is 0 Å². The van der Waals surface area contributed by atoms with E-state index in [-0.39, 0.29) is 13.2 Å². The molecule has 1 heterocycles. The van der Waals surface area contributed by atoms with E-state index in [2.05, 4.69) is 6.07 Å². The molecule has 1 aliphatic rings. The Bertz CT molecular complexity index is 959.